The second kappa shape index (κ2) is 6.45. The predicted octanol–water partition coefficient (Wildman–Crippen LogP) is 2.67. The van der Waals surface area contributed by atoms with Crippen LogP contribution in [0.5, 0.6) is 5.75 Å². The minimum Gasteiger partial charge on any atom is -0.495 e. The maximum atomic E-state index is 11.9. The van der Waals surface area contributed by atoms with E-state index in [9.17, 15) is 19.7 Å². The second-order valence-corrected chi connectivity index (χ2v) is 6.96. The van der Waals surface area contributed by atoms with Gasteiger partial charge in [-0.3, -0.25) is 19.7 Å². The average molecular weight is 377 g/mol. The van der Waals surface area contributed by atoms with Crippen molar-refractivity contribution in [2.75, 3.05) is 19.0 Å². The maximum Gasteiger partial charge on any atom is 0.315 e. The van der Waals surface area contributed by atoms with Crippen molar-refractivity contribution in [2.24, 2.45) is 5.41 Å². The van der Waals surface area contributed by atoms with Crippen LogP contribution in [0.4, 0.5) is 11.4 Å². The summed E-state index contributed by atoms with van der Waals surface area (Å²) in [5.41, 5.74) is -1.17. The first-order valence-corrected chi connectivity index (χ1v) is 7.53. The number of alkyl halides is 2. The molecule has 10 heteroatoms. The van der Waals surface area contributed by atoms with Crippen molar-refractivity contribution in [1.82, 2.24) is 0 Å². The largest absolute Gasteiger partial charge is 0.495 e. The van der Waals surface area contributed by atoms with E-state index in [0.717, 1.165) is 6.07 Å². The van der Waals surface area contributed by atoms with E-state index < -0.39 is 33.2 Å². The first-order valence-electron chi connectivity index (χ1n) is 6.78. The van der Waals surface area contributed by atoms with Crippen LogP contribution in [0.25, 0.3) is 0 Å². The number of rotatable bonds is 6. The van der Waals surface area contributed by atoms with E-state index >= 15 is 0 Å². The Balaban J connectivity index is 1.99. The first kappa shape index (κ1) is 18.3. The van der Waals surface area contributed by atoms with Crippen molar-refractivity contribution in [1.29, 1.82) is 0 Å². The van der Waals surface area contributed by atoms with E-state index in [1.54, 1.807) is 0 Å². The Morgan fingerprint density at radius 1 is 1.42 bits per heavy atom. The topological polar surface area (TPSA) is 108 Å². The minimum atomic E-state index is -1.19. The number of hydrogen-bond donors (Lipinski definition) is 1. The molecule has 2 rings (SSSR count). The van der Waals surface area contributed by atoms with E-state index in [-0.39, 0.29) is 23.5 Å². The van der Waals surface area contributed by atoms with E-state index in [2.05, 4.69) is 5.32 Å². The molecule has 1 atom stereocenters. The molecule has 1 amide bonds. The fraction of sp³-hybridized carbons (Fsp3) is 0.429. The summed E-state index contributed by atoms with van der Waals surface area (Å²) in [7, 11) is 1.35. The molecule has 1 aromatic carbocycles. The quantitative estimate of drug-likeness (QED) is 0.353. The van der Waals surface area contributed by atoms with Crippen LogP contribution in [0, 0.1) is 15.5 Å². The summed E-state index contributed by atoms with van der Waals surface area (Å²) < 4.78 is 8.72. The Kier molecular flexibility index (Phi) is 4.91. The van der Waals surface area contributed by atoms with Gasteiger partial charge in [0.15, 0.2) is 6.61 Å². The predicted molar refractivity (Wildman–Crippen MR) is 86.4 cm³/mol. The molecule has 0 aliphatic heterocycles. The Labute approximate surface area is 147 Å². The summed E-state index contributed by atoms with van der Waals surface area (Å²) in [6.45, 7) is 0.959. The first-order chi connectivity index (χ1) is 11.1. The third-order valence-electron chi connectivity index (χ3n) is 3.71. The molecule has 24 heavy (non-hydrogen) atoms. The molecule has 1 aliphatic rings. The number of amides is 1. The molecule has 1 N–H and O–H groups in total. The maximum absolute atomic E-state index is 11.9. The molecule has 0 saturated heterocycles. The molecular formula is C14H14Cl2N2O6. The Morgan fingerprint density at radius 3 is 2.54 bits per heavy atom. The summed E-state index contributed by atoms with van der Waals surface area (Å²) in [5.74, 6) is -1.13. The lowest BCUT2D eigenvalue weighted by Crippen LogP contribution is -2.27. The monoisotopic (exact) mass is 376 g/mol. The van der Waals surface area contributed by atoms with Gasteiger partial charge in [-0.1, -0.05) is 0 Å². The molecule has 1 aromatic rings. The minimum absolute atomic E-state index is 0.0921. The number of nitro groups is 1. The highest BCUT2D eigenvalue weighted by atomic mass is 35.5. The van der Waals surface area contributed by atoms with E-state index in [1.807, 2.05) is 0 Å². The fourth-order valence-electron chi connectivity index (χ4n) is 2.01. The van der Waals surface area contributed by atoms with Gasteiger partial charge in [0.25, 0.3) is 11.6 Å². The number of nitro benzene ring substituents is 1. The zero-order valence-electron chi connectivity index (χ0n) is 12.8. The third-order valence-corrected chi connectivity index (χ3v) is 4.81. The molecule has 0 aromatic heterocycles. The summed E-state index contributed by atoms with van der Waals surface area (Å²) >= 11 is 11.7. The summed E-state index contributed by atoms with van der Waals surface area (Å²) in [6, 6.07) is 3.73. The highest BCUT2D eigenvalue weighted by molar-refractivity contribution is 6.53. The van der Waals surface area contributed by atoms with E-state index in [1.165, 1.54) is 26.2 Å². The van der Waals surface area contributed by atoms with Gasteiger partial charge in [-0.15, -0.1) is 23.2 Å². The zero-order chi connectivity index (χ0) is 18.1. The second-order valence-electron chi connectivity index (χ2n) is 5.48. The molecular weight excluding hydrogens is 363 g/mol. The molecule has 1 saturated carbocycles. The number of carbonyl (C=O) groups excluding carboxylic acids is 2. The molecule has 8 nitrogen and oxygen atoms in total. The van der Waals surface area contributed by atoms with Crippen LogP contribution < -0.4 is 10.1 Å². The lowest BCUT2D eigenvalue weighted by Gasteiger charge is -2.13. The van der Waals surface area contributed by atoms with Crippen LogP contribution in [-0.4, -0.2) is 34.8 Å². The fourth-order valence-corrected chi connectivity index (χ4v) is 2.69. The molecule has 0 unspecified atom stereocenters. The number of esters is 1. The number of benzene rings is 1. The van der Waals surface area contributed by atoms with Gasteiger partial charge in [-0.05, 0) is 13.0 Å². The van der Waals surface area contributed by atoms with Gasteiger partial charge in [0.2, 0.25) is 0 Å². The number of carbonyl (C=O) groups is 2. The number of methoxy groups -OCH3 is 1. The van der Waals surface area contributed by atoms with Crippen molar-refractivity contribution in [3.63, 3.8) is 0 Å². The Morgan fingerprint density at radius 2 is 2.04 bits per heavy atom. The molecule has 130 valence electrons. The molecule has 1 aliphatic carbocycles. The average Bonchev–Trinajstić information content (AvgIpc) is 3.04. The summed E-state index contributed by atoms with van der Waals surface area (Å²) in [4.78, 5) is 34.0. The van der Waals surface area contributed by atoms with Crippen LogP contribution in [-0.2, 0) is 14.3 Å². The number of halogens is 2. The van der Waals surface area contributed by atoms with Gasteiger partial charge in [0.05, 0.1) is 17.7 Å². The van der Waals surface area contributed by atoms with Crippen molar-refractivity contribution >= 4 is 46.5 Å². The molecule has 0 heterocycles. The van der Waals surface area contributed by atoms with Crippen LogP contribution >= 0.6 is 23.2 Å². The number of nitrogens with one attached hydrogen (secondary N) is 1. The smallest absolute Gasteiger partial charge is 0.315 e. The molecule has 0 bridgehead atoms. The van der Waals surface area contributed by atoms with Crippen LogP contribution in [0.2, 0.25) is 0 Å². The van der Waals surface area contributed by atoms with Gasteiger partial charge in [0, 0.05) is 18.6 Å². The van der Waals surface area contributed by atoms with Gasteiger partial charge in [-0.2, -0.15) is 0 Å². The number of anilines is 1. The van der Waals surface area contributed by atoms with Gasteiger partial charge < -0.3 is 14.8 Å². The lowest BCUT2D eigenvalue weighted by atomic mass is 10.1. The number of hydrogen-bond acceptors (Lipinski definition) is 6. The van der Waals surface area contributed by atoms with Crippen molar-refractivity contribution < 1.29 is 24.0 Å². The standard InChI is InChI=1S/C14H14Cl2N2O6/c1-13(7-14(13,15)16)12(20)24-6-11(19)17-9-5-8(18(21)22)3-4-10(9)23-2/h3-5H,6-7H2,1-2H3,(H,17,19)/t13-/m1/s1. The van der Waals surface area contributed by atoms with Crippen LogP contribution in [0.1, 0.15) is 13.3 Å². The number of ether oxygens (including phenoxy) is 2. The van der Waals surface area contributed by atoms with Crippen LogP contribution in [0.3, 0.4) is 0 Å². The summed E-state index contributed by atoms with van der Waals surface area (Å²) in [6.07, 6.45) is 0.238. The van der Waals surface area contributed by atoms with Gasteiger partial charge in [0.1, 0.15) is 15.5 Å². The lowest BCUT2D eigenvalue weighted by molar-refractivity contribution is -0.384. The molecule has 1 fully saturated rings. The normalized spacial score (nSPS) is 20.8. The highest BCUT2D eigenvalue weighted by Gasteiger charge is 2.69. The van der Waals surface area contributed by atoms with Gasteiger partial charge >= 0.3 is 5.97 Å². The third kappa shape index (κ3) is 3.54. The zero-order valence-corrected chi connectivity index (χ0v) is 14.3. The number of nitrogens with zero attached hydrogens (tertiary/aromatic N) is 1. The highest BCUT2D eigenvalue weighted by Crippen LogP contribution is 2.64. The van der Waals surface area contributed by atoms with E-state index in [0.29, 0.717) is 0 Å². The number of non-ortho nitro benzene ring substituents is 1. The van der Waals surface area contributed by atoms with Crippen molar-refractivity contribution in [3.8, 4) is 5.75 Å². The van der Waals surface area contributed by atoms with Gasteiger partial charge in [-0.25, -0.2) is 0 Å². The molecule has 0 spiro atoms. The molecule has 0 radical (unpaired) electrons. The van der Waals surface area contributed by atoms with Crippen molar-refractivity contribution in [3.05, 3.63) is 28.3 Å². The van der Waals surface area contributed by atoms with Crippen molar-refractivity contribution in [2.45, 2.75) is 17.7 Å². The SMILES string of the molecule is COc1ccc([N+](=O)[O-])cc1NC(=O)COC(=O)[C@@]1(C)CC1(Cl)Cl. The Hall–Kier alpha value is -2.06. The van der Waals surface area contributed by atoms with Crippen LogP contribution in [0.15, 0.2) is 18.2 Å². The summed E-state index contributed by atoms with van der Waals surface area (Å²) in [5, 5.41) is 13.2. The van der Waals surface area contributed by atoms with E-state index in [4.69, 9.17) is 32.7 Å². The Bertz CT molecular complexity index is 709.